The minimum absolute atomic E-state index is 0.0680. The lowest BCUT2D eigenvalue weighted by Crippen LogP contribution is -2.64. The number of ether oxygens (including phenoxy) is 2. The number of nitrogens with zero attached hydrogens (tertiary/aromatic N) is 1. The van der Waals surface area contributed by atoms with Crippen molar-refractivity contribution in [3.05, 3.63) is 35.4 Å². The maximum Gasteiger partial charge on any atom is 0.261 e. The van der Waals surface area contributed by atoms with Crippen molar-refractivity contribution in [3.63, 3.8) is 0 Å². The molecule has 1 fully saturated rings. The third-order valence-corrected chi connectivity index (χ3v) is 4.73. The van der Waals surface area contributed by atoms with Crippen LogP contribution in [-0.4, -0.2) is 88.3 Å². The van der Waals surface area contributed by atoms with E-state index in [2.05, 4.69) is 5.32 Å². The maximum atomic E-state index is 12.3. The number of aliphatic hydroxyl groups excluding tert-OH is 3. The number of benzene rings is 1. The quantitative estimate of drug-likeness (QED) is 0.415. The largest absolute Gasteiger partial charge is 0.394 e. The molecular formula is C18H22N2O8. The first-order valence-corrected chi connectivity index (χ1v) is 8.81. The second-order valence-electron chi connectivity index (χ2n) is 6.61. The molecule has 2 aliphatic rings. The fraction of sp³-hybridized carbons (Fsp3) is 0.500. The summed E-state index contributed by atoms with van der Waals surface area (Å²) < 4.78 is 11.0. The first-order chi connectivity index (χ1) is 13.3. The number of imide groups is 1. The van der Waals surface area contributed by atoms with Crippen LogP contribution in [0.15, 0.2) is 24.3 Å². The van der Waals surface area contributed by atoms with Gasteiger partial charge >= 0.3 is 0 Å². The number of hydrogen-bond acceptors (Lipinski definition) is 8. The molecule has 1 saturated heterocycles. The van der Waals surface area contributed by atoms with Crippen LogP contribution in [0.4, 0.5) is 0 Å². The van der Waals surface area contributed by atoms with Crippen LogP contribution in [0.5, 0.6) is 0 Å². The Kier molecular flexibility index (Phi) is 6.06. The minimum atomic E-state index is -1.43. The van der Waals surface area contributed by atoms with Gasteiger partial charge in [0.2, 0.25) is 5.91 Å². The van der Waals surface area contributed by atoms with Crippen LogP contribution in [0.3, 0.4) is 0 Å². The molecular weight excluding hydrogens is 372 g/mol. The third-order valence-electron chi connectivity index (χ3n) is 4.73. The molecule has 2 heterocycles. The van der Waals surface area contributed by atoms with Crippen LogP contribution in [0.1, 0.15) is 27.6 Å². The number of carbonyl (C=O) groups excluding carboxylic acids is 3. The van der Waals surface area contributed by atoms with Gasteiger partial charge in [0, 0.05) is 6.92 Å². The summed E-state index contributed by atoms with van der Waals surface area (Å²) in [7, 11) is 0. The Morgan fingerprint density at radius 1 is 1.18 bits per heavy atom. The molecule has 152 valence electrons. The van der Waals surface area contributed by atoms with Crippen molar-refractivity contribution in [1.82, 2.24) is 10.2 Å². The number of hydrogen-bond donors (Lipinski definition) is 4. The SMILES string of the molecule is CC(=O)N[C@@H]1[C@H](OCCN2C(=O)c3ccccc3C2=O)O[C@H](CO)[C@H](O)[C@@H]1O. The summed E-state index contributed by atoms with van der Waals surface area (Å²) in [4.78, 5) is 37.1. The van der Waals surface area contributed by atoms with E-state index >= 15 is 0 Å². The monoisotopic (exact) mass is 394 g/mol. The molecule has 0 spiro atoms. The van der Waals surface area contributed by atoms with Gasteiger partial charge in [-0.2, -0.15) is 0 Å². The number of amides is 3. The van der Waals surface area contributed by atoms with Gasteiger partial charge < -0.3 is 30.1 Å². The Labute approximate surface area is 160 Å². The Hall–Kier alpha value is -2.37. The molecule has 0 bridgehead atoms. The highest BCUT2D eigenvalue weighted by Gasteiger charge is 2.45. The highest BCUT2D eigenvalue weighted by molar-refractivity contribution is 6.21. The average Bonchev–Trinajstić information content (AvgIpc) is 2.92. The molecule has 3 amide bonds. The Morgan fingerprint density at radius 3 is 2.32 bits per heavy atom. The number of carbonyl (C=O) groups is 3. The number of nitrogens with one attached hydrogen (secondary N) is 1. The molecule has 5 atom stereocenters. The van der Waals surface area contributed by atoms with Crippen LogP contribution in [0.25, 0.3) is 0 Å². The van der Waals surface area contributed by atoms with E-state index in [0.717, 1.165) is 4.90 Å². The van der Waals surface area contributed by atoms with Gasteiger partial charge in [-0.25, -0.2) is 0 Å². The smallest absolute Gasteiger partial charge is 0.261 e. The first-order valence-electron chi connectivity index (χ1n) is 8.81. The van der Waals surface area contributed by atoms with E-state index in [-0.39, 0.29) is 13.2 Å². The van der Waals surface area contributed by atoms with Crippen LogP contribution in [0, 0.1) is 0 Å². The van der Waals surface area contributed by atoms with E-state index in [0.29, 0.717) is 11.1 Å². The third kappa shape index (κ3) is 3.77. The lowest BCUT2D eigenvalue weighted by atomic mass is 9.97. The maximum absolute atomic E-state index is 12.3. The summed E-state index contributed by atoms with van der Waals surface area (Å²) in [5, 5.41) is 31.9. The van der Waals surface area contributed by atoms with Gasteiger partial charge in [-0.15, -0.1) is 0 Å². The second-order valence-corrected chi connectivity index (χ2v) is 6.61. The summed E-state index contributed by atoms with van der Waals surface area (Å²) in [6.45, 7) is 0.463. The minimum Gasteiger partial charge on any atom is -0.394 e. The van der Waals surface area contributed by atoms with Gasteiger partial charge in [-0.1, -0.05) is 12.1 Å². The van der Waals surface area contributed by atoms with Gasteiger partial charge in [-0.3, -0.25) is 19.3 Å². The number of fused-ring (bicyclic) bond motifs is 1. The zero-order valence-corrected chi connectivity index (χ0v) is 15.1. The van der Waals surface area contributed by atoms with Gasteiger partial charge in [0.15, 0.2) is 6.29 Å². The average molecular weight is 394 g/mol. The second kappa shape index (κ2) is 8.33. The van der Waals surface area contributed by atoms with Crippen molar-refractivity contribution in [1.29, 1.82) is 0 Å². The van der Waals surface area contributed by atoms with E-state index in [4.69, 9.17) is 9.47 Å². The molecule has 10 heteroatoms. The summed E-state index contributed by atoms with van der Waals surface area (Å²) in [5.41, 5.74) is 0.632. The Balaban J connectivity index is 1.64. The normalized spacial score (nSPS) is 29.7. The molecule has 0 aromatic heterocycles. The van der Waals surface area contributed by atoms with Crippen molar-refractivity contribution in [2.45, 2.75) is 37.6 Å². The van der Waals surface area contributed by atoms with Crippen molar-refractivity contribution in [2.24, 2.45) is 0 Å². The van der Waals surface area contributed by atoms with E-state index < -0.39 is 55.0 Å². The predicted molar refractivity (Wildman–Crippen MR) is 93.1 cm³/mol. The lowest BCUT2D eigenvalue weighted by molar-refractivity contribution is -0.270. The van der Waals surface area contributed by atoms with Gasteiger partial charge in [0.25, 0.3) is 11.8 Å². The Bertz CT molecular complexity index is 735. The molecule has 10 nitrogen and oxygen atoms in total. The first kappa shape index (κ1) is 20.4. The molecule has 1 aromatic carbocycles. The number of rotatable bonds is 6. The van der Waals surface area contributed by atoms with E-state index in [1.54, 1.807) is 24.3 Å². The molecule has 0 saturated carbocycles. The highest BCUT2D eigenvalue weighted by Crippen LogP contribution is 2.24. The zero-order valence-electron chi connectivity index (χ0n) is 15.1. The Morgan fingerprint density at radius 2 is 1.79 bits per heavy atom. The molecule has 0 aliphatic carbocycles. The van der Waals surface area contributed by atoms with Gasteiger partial charge in [0.05, 0.1) is 30.9 Å². The topological polar surface area (TPSA) is 146 Å². The van der Waals surface area contributed by atoms with E-state index in [1.807, 2.05) is 0 Å². The molecule has 4 N–H and O–H groups in total. The lowest BCUT2D eigenvalue weighted by Gasteiger charge is -2.42. The van der Waals surface area contributed by atoms with Crippen LogP contribution >= 0.6 is 0 Å². The fourth-order valence-electron chi connectivity index (χ4n) is 3.32. The molecule has 0 unspecified atom stereocenters. The van der Waals surface area contributed by atoms with Crippen molar-refractivity contribution in [2.75, 3.05) is 19.8 Å². The standard InChI is InChI=1S/C18H22N2O8/c1-9(22)19-13-15(24)14(23)12(8-21)28-18(13)27-7-6-20-16(25)10-4-2-3-5-11(10)17(20)26/h2-5,12-15,18,21,23-24H,6-8H2,1H3,(H,19,22)/t12-,13+,14+,15-,18-/m1/s1. The fourth-order valence-corrected chi connectivity index (χ4v) is 3.32. The van der Waals surface area contributed by atoms with Crippen LogP contribution in [0.2, 0.25) is 0 Å². The summed E-state index contributed by atoms with van der Waals surface area (Å²) in [5.74, 6) is -1.34. The van der Waals surface area contributed by atoms with Crippen LogP contribution in [-0.2, 0) is 14.3 Å². The summed E-state index contributed by atoms with van der Waals surface area (Å²) in [6, 6.07) is 5.38. The molecule has 1 aromatic rings. The van der Waals surface area contributed by atoms with Crippen molar-refractivity contribution >= 4 is 17.7 Å². The zero-order chi connectivity index (χ0) is 20.4. The van der Waals surface area contributed by atoms with Gasteiger partial charge in [0.1, 0.15) is 24.4 Å². The number of aliphatic hydroxyl groups is 3. The molecule has 28 heavy (non-hydrogen) atoms. The summed E-state index contributed by atoms with van der Waals surface area (Å²) >= 11 is 0. The van der Waals surface area contributed by atoms with Crippen molar-refractivity contribution < 1.29 is 39.2 Å². The van der Waals surface area contributed by atoms with Crippen LogP contribution < -0.4 is 5.32 Å². The van der Waals surface area contributed by atoms with Crippen molar-refractivity contribution in [3.8, 4) is 0 Å². The van der Waals surface area contributed by atoms with E-state index in [9.17, 15) is 29.7 Å². The molecule has 2 aliphatic heterocycles. The predicted octanol–water partition coefficient (Wildman–Crippen LogP) is -1.76. The highest BCUT2D eigenvalue weighted by atomic mass is 16.7. The molecule has 0 radical (unpaired) electrons. The molecule has 3 rings (SSSR count). The summed E-state index contributed by atoms with van der Waals surface area (Å²) in [6.07, 6.45) is -5.14. The van der Waals surface area contributed by atoms with E-state index in [1.165, 1.54) is 6.92 Å². The van der Waals surface area contributed by atoms with Gasteiger partial charge in [-0.05, 0) is 12.1 Å².